The van der Waals surface area contributed by atoms with Crippen LogP contribution in [0.1, 0.15) is 12.5 Å². The van der Waals surface area contributed by atoms with E-state index in [2.05, 4.69) is 36.5 Å². The summed E-state index contributed by atoms with van der Waals surface area (Å²) >= 11 is 3.44. The van der Waals surface area contributed by atoms with Gasteiger partial charge in [-0.15, -0.1) is 0 Å². The lowest BCUT2D eigenvalue weighted by molar-refractivity contribution is -0.115. The second kappa shape index (κ2) is 7.00. The number of anilines is 2. The Morgan fingerprint density at radius 2 is 1.95 bits per heavy atom. The van der Waals surface area contributed by atoms with Gasteiger partial charge in [-0.3, -0.25) is 4.79 Å². The normalized spacial score (nSPS) is 10.1. The number of hydrogen-bond acceptors (Lipinski definition) is 5. The van der Waals surface area contributed by atoms with Gasteiger partial charge in [0, 0.05) is 17.1 Å². The van der Waals surface area contributed by atoms with Crippen LogP contribution in [0, 0.1) is 0 Å². The van der Waals surface area contributed by atoms with Crippen LogP contribution in [0.25, 0.3) is 0 Å². The molecule has 20 heavy (non-hydrogen) atoms. The van der Waals surface area contributed by atoms with E-state index in [0.717, 1.165) is 10.0 Å². The van der Waals surface area contributed by atoms with Crippen LogP contribution in [0.2, 0.25) is 0 Å². The standard InChI is InChI=1S/C14H15BrN4O/c1-10(20)7-16-13-6-14(19-9-18-13)17-8-11-3-2-4-12(15)5-11/h2-6,9H,7-8H2,1H3,(H2,16,17,18,19). The van der Waals surface area contributed by atoms with E-state index in [9.17, 15) is 4.79 Å². The Hall–Kier alpha value is -1.95. The average molecular weight is 335 g/mol. The van der Waals surface area contributed by atoms with Crippen molar-refractivity contribution in [3.8, 4) is 0 Å². The molecule has 1 heterocycles. The first-order valence-corrected chi connectivity index (χ1v) is 6.96. The van der Waals surface area contributed by atoms with E-state index < -0.39 is 0 Å². The molecule has 1 aromatic heterocycles. The maximum absolute atomic E-state index is 10.9. The van der Waals surface area contributed by atoms with Gasteiger partial charge in [0.1, 0.15) is 23.7 Å². The third kappa shape index (κ3) is 4.62. The van der Waals surface area contributed by atoms with Gasteiger partial charge in [0.2, 0.25) is 0 Å². The van der Waals surface area contributed by atoms with Crippen LogP contribution < -0.4 is 10.6 Å². The molecular formula is C14H15BrN4O. The van der Waals surface area contributed by atoms with Crippen molar-refractivity contribution in [1.29, 1.82) is 0 Å². The first kappa shape index (κ1) is 14.5. The third-order valence-electron chi connectivity index (χ3n) is 2.55. The highest BCUT2D eigenvalue weighted by Crippen LogP contribution is 2.14. The summed E-state index contributed by atoms with van der Waals surface area (Å²) in [6.45, 7) is 2.46. The maximum Gasteiger partial charge on any atom is 0.148 e. The van der Waals surface area contributed by atoms with E-state index in [1.807, 2.05) is 24.3 Å². The number of carbonyl (C=O) groups is 1. The summed E-state index contributed by atoms with van der Waals surface area (Å²) in [6.07, 6.45) is 1.46. The highest BCUT2D eigenvalue weighted by atomic mass is 79.9. The minimum absolute atomic E-state index is 0.0623. The number of rotatable bonds is 6. The fourth-order valence-corrected chi connectivity index (χ4v) is 2.05. The Labute approximate surface area is 126 Å². The molecule has 0 fully saturated rings. The summed E-state index contributed by atoms with van der Waals surface area (Å²) in [4.78, 5) is 19.1. The van der Waals surface area contributed by atoms with Gasteiger partial charge in [-0.25, -0.2) is 9.97 Å². The Kier molecular flexibility index (Phi) is 5.06. The molecule has 2 aromatic rings. The molecule has 2 rings (SSSR count). The zero-order chi connectivity index (χ0) is 14.4. The zero-order valence-electron chi connectivity index (χ0n) is 11.1. The molecule has 6 heteroatoms. The highest BCUT2D eigenvalue weighted by molar-refractivity contribution is 9.10. The molecule has 0 saturated carbocycles. The van der Waals surface area contributed by atoms with Crippen molar-refractivity contribution in [2.24, 2.45) is 0 Å². The minimum Gasteiger partial charge on any atom is -0.366 e. The Bertz CT molecular complexity index is 603. The molecule has 0 aliphatic rings. The van der Waals surface area contributed by atoms with E-state index >= 15 is 0 Å². The molecule has 1 aromatic carbocycles. The second-order valence-corrected chi connectivity index (χ2v) is 5.24. The molecule has 0 radical (unpaired) electrons. The van der Waals surface area contributed by atoms with Gasteiger partial charge in [0.05, 0.1) is 6.54 Å². The summed E-state index contributed by atoms with van der Waals surface area (Å²) < 4.78 is 1.04. The highest BCUT2D eigenvalue weighted by Gasteiger charge is 2.00. The lowest BCUT2D eigenvalue weighted by atomic mass is 10.2. The Morgan fingerprint density at radius 3 is 2.65 bits per heavy atom. The number of benzene rings is 1. The fraction of sp³-hybridized carbons (Fsp3) is 0.214. The molecule has 0 atom stereocenters. The van der Waals surface area contributed by atoms with Gasteiger partial charge in [-0.2, -0.15) is 0 Å². The van der Waals surface area contributed by atoms with Crippen molar-refractivity contribution < 1.29 is 4.79 Å². The number of Topliss-reactive ketones (excluding diaryl/α,β-unsaturated/α-hetero) is 1. The summed E-state index contributed by atoms with van der Waals surface area (Å²) in [5.74, 6) is 1.41. The monoisotopic (exact) mass is 334 g/mol. The van der Waals surface area contributed by atoms with E-state index in [0.29, 0.717) is 18.2 Å². The molecule has 0 amide bonds. The summed E-state index contributed by atoms with van der Waals surface area (Å²) in [7, 11) is 0. The molecule has 0 aliphatic carbocycles. The quantitative estimate of drug-likeness (QED) is 0.850. The molecule has 104 valence electrons. The number of carbonyl (C=O) groups excluding carboxylic acids is 1. The fourth-order valence-electron chi connectivity index (χ4n) is 1.61. The van der Waals surface area contributed by atoms with Gasteiger partial charge in [-0.1, -0.05) is 28.1 Å². The maximum atomic E-state index is 10.9. The van der Waals surface area contributed by atoms with Gasteiger partial charge in [0.25, 0.3) is 0 Å². The molecule has 5 nitrogen and oxygen atoms in total. The predicted octanol–water partition coefficient (Wildman–Crippen LogP) is 2.85. The first-order valence-electron chi connectivity index (χ1n) is 6.17. The van der Waals surface area contributed by atoms with Crippen LogP contribution >= 0.6 is 15.9 Å². The van der Waals surface area contributed by atoms with Crippen molar-refractivity contribution in [1.82, 2.24) is 9.97 Å². The summed E-state index contributed by atoms with van der Waals surface area (Å²) in [5, 5.41) is 6.16. The van der Waals surface area contributed by atoms with Crippen LogP contribution in [0.4, 0.5) is 11.6 Å². The number of halogens is 1. The molecular weight excluding hydrogens is 320 g/mol. The third-order valence-corrected chi connectivity index (χ3v) is 3.04. The van der Waals surface area contributed by atoms with Gasteiger partial charge in [-0.05, 0) is 24.6 Å². The number of aromatic nitrogens is 2. The summed E-state index contributed by atoms with van der Waals surface area (Å²) in [5.41, 5.74) is 1.15. The van der Waals surface area contributed by atoms with Crippen LogP contribution in [0.15, 0.2) is 41.1 Å². The molecule has 0 unspecified atom stereocenters. The second-order valence-electron chi connectivity index (χ2n) is 4.33. The number of nitrogens with zero attached hydrogens (tertiary/aromatic N) is 2. The smallest absolute Gasteiger partial charge is 0.148 e. The van der Waals surface area contributed by atoms with Crippen molar-refractivity contribution >= 4 is 33.3 Å². The van der Waals surface area contributed by atoms with E-state index in [4.69, 9.17) is 0 Å². The van der Waals surface area contributed by atoms with Crippen LogP contribution in [0.3, 0.4) is 0 Å². The van der Waals surface area contributed by atoms with Crippen molar-refractivity contribution in [3.63, 3.8) is 0 Å². The lowest BCUT2D eigenvalue weighted by Gasteiger charge is -2.08. The van der Waals surface area contributed by atoms with Crippen molar-refractivity contribution in [3.05, 3.63) is 46.7 Å². The molecule has 0 aliphatic heterocycles. The number of ketones is 1. The van der Waals surface area contributed by atoms with E-state index in [1.165, 1.54) is 13.3 Å². The summed E-state index contributed by atoms with van der Waals surface area (Å²) in [6, 6.07) is 9.83. The van der Waals surface area contributed by atoms with E-state index in [1.54, 1.807) is 6.07 Å². The Balaban J connectivity index is 1.95. The number of hydrogen-bond donors (Lipinski definition) is 2. The van der Waals surface area contributed by atoms with Gasteiger partial charge >= 0.3 is 0 Å². The van der Waals surface area contributed by atoms with Crippen LogP contribution in [-0.4, -0.2) is 22.3 Å². The SMILES string of the molecule is CC(=O)CNc1cc(NCc2cccc(Br)c2)ncn1. The topological polar surface area (TPSA) is 66.9 Å². The zero-order valence-corrected chi connectivity index (χ0v) is 12.6. The molecule has 0 bridgehead atoms. The first-order chi connectivity index (χ1) is 9.63. The average Bonchev–Trinajstić information content (AvgIpc) is 2.43. The van der Waals surface area contributed by atoms with E-state index in [-0.39, 0.29) is 12.3 Å². The minimum atomic E-state index is 0.0623. The van der Waals surface area contributed by atoms with Gasteiger partial charge in [0.15, 0.2) is 0 Å². The van der Waals surface area contributed by atoms with Crippen molar-refractivity contribution in [2.45, 2.75) is 13.5 Å². The Morgan fingerprint density at radius 1 is 1.20 bits per heavy atom. The van der Waals surface area contributed by atoms with Gasteiger partial charge < -0.3 is 10.6 Å². The number of nitrogens with one attached hydrogen (secondary N) is 2. The van der Waals surface area contributed by atoms with Crippen LogP contribution in [0.5, 0.6) is 0 Å². The van der Waals surface area contributed by atoms with Crippen molar-refractivity contribution in [2.75, 3.05) is 17.2 Å². The molecule has 2 N–H and O–H groups in total. The lowest BCUT2D eigenvalue weighted by Crippen LogP contribution is -2.11. The predicted molar refractivity (Wildman–Crippen MR) is 82.7 cm³/mol. The molecule has 0 saturated heterocycles. The van der Waals surface area contributed by atoms with Crippen LogP contribution in [-0.2, 0) is 11.3 Å². The largest absolute Gasteiger partial charge is 0.366 e. The molecule has 0 spiro atoms.